The summed E-state index contributed by atoms with van der Waals surface area (Å²) in [5.74, 6) is 6.95. The van der Waals surface area contributed by atoms with Crippen molar-refractivity contribution in [1.29, 1.82) is 0 Å². The van der Waals surface area contributed by atoms with Crippen LogP contribution in [0.15, 0.2) is 11.6 Å². The summed E-state index contributed by atoms with van der Waals surface area (Å²) < 4.78 is 0. The summed E-state index contributed by atoms with van der Waals surface area (Å²) in [6.45, 7) is 9.23. The van der Waals surface area contributed by atoms with Gasteiger partial charge in [0.25, 0.3) is 0 Å². The van der Waals surface area contributed by atoms with Crippen LogP contribution in [-0.4, -0.2) is 16.5 Å². The molecule has 140 valence electrons. The van der Waals surface area contributed by atoms with Crippen molar-refractivity contribution in [3.63, 3.8) is 0 Å². The van der Waals surface area contributed by atoms with Crippen LogP contribution in [0.25, 0.3) is 0 Å². The molecule has 0 radical (unpaired) electrons. The molecule has 10 atom stereocenters. The predicted octanol–water partition coefficient (Wildman–Crippen LogP) is 4.23. The first-order valence-electron chi connectivity index (χ1n) is 10.6. The Hall–Kier alpha value is -1.07. The van der Waals surface area contributed by atoms with E-state index in [1.54, 1.807) is 0 Å². The van der Waals surface area contributed by atoms with Crippen LogP contribution < -0.4 is 0 Å². The zero-order valence-electron chi connectivity index (χ0n) is 16.6. The highest BCUT2D eigenvalue weighted by Gasteiger charge is 2.73. The summed E-state index contributed by atoms with van der Waals surface area (Å²) in [5, 5.41) is 11.5. The van der Waals surface area contributed by atoms with Crippen LogP contribution >= 0.6 is 0 Å². The maximum Gasteiger partial charge on any atom is 0.155 e. The highest BCUT2D eigenvalue weighted by molar-refractivity contribution is 5.92. The Bertz CT molecular complexity index is 759. The lowest BCUT2D eigenvalue weighted by Gasteiger charge is -2.59. The minimum Gasteiger partial charge on any atom is -0.377 e. The number of ketones is 1. The fourth-order valence-corrected chi connectivity index (χ4v) is 8.55. The van der Waals surface area contributed by atoms with Gasteiger partial charge < -0.3 is 5.11 Å². The van der Waals surface area contributed by atoms with Gasteiger partial charge >= 0.3 is 0 Å². The third kappa shape index (κ3) is 1.68. The average molecular weight is 353 g/mol. The summed E-state index contributed by atoms with van der Waals surface area (Å²) in [7, 11) is 0. The summed E-state index contributed by atoms with van der Waals surface area (Å²) >= 11 is 0. The van der Waals surface area contributed by atoms with Gasteiger partial charge in [-0.15, -0.1) is 6.42 Å². The minimum absolute atomic E-state index is 0.149. The topological polar surface area (TPSA) is 37.3 Å². The van der Waals surface area contributed by atoms with Crippen molar-refractivity contribution in [3.05, 3.63) is 11.6 Å². The number of rotatable bonds is 0. The summed E-state index contributed by atoms with van der Waals surface area (Å²) in [4.78, 5) is 12.1. The van der Waals surface area contributed by atoms with Gasteiger partial charge in [-0.3, -0.25) is 4.79 Å². The molecule has 2 nitrogen and oxygen atoms in total. The van der Waals surface area contributed by atoms with E-state index in [4.69, 9.17) is 6.42 Å². The standard InChI is InChI=1S/C24H32O2/c1-6-24(26)14(3)13(2)21-20-17-12-16(17)19-11-15(25)7-9-22(19,4)18(20)8-10-23(21,24)5/h1,11,13-14,16-18,20-21,26H,7-10,12H2,2-5H3/t13-,14?,16?,17?,18?,20?,21?,22-,23+,24+/m1/s1. The molecule has 0 heterocycles. The van der Waals surface area contributed by atoms with Gasteiger partial charge in [0.05, 0.1) is 0 Å². The monoisotopic (exact) mass is 352 g/mol. The van der Waals surface area contributed by atoms with Crippen LogP contribution in [0, 0.1) is 64.6 Å². The van der Waals surface area contributed by atoms with Crippen LogP contribution in [0.1, 0.15) is 59.8 Å². The van der Waals surface area contributed by atoms with Crippen LogP contribution in [0.3, 0.4) is 0 Å². The molecule has 5 aliphatic carbocycles. The van der Waals surface area contributed by atoms with E-state index < -0.39 is 5.60 Å². The lowest BCUT2D eigenvalue weighted by Crippen LogP contribution is -2.56. The van der Waals surface area contributed by atoms with Crippen molar-refractivity contribution in [2.24, 2.45) is 52.3 Å². The lowest BCUT2D eigenvalue weighted by molar-refractivity contribution is -0.122. The molecule has 6 unspecified atom stereocenters. The zero-order valence-corrected chi connectivity index (χ0v) is 16.6. The maximum atomic E-state index is 12.1. The molecule has 0 spiro atoms. The molecule has 5 aliphatic rings. The summed E-state index contributed by atoms with van der Waals surface area (Å²) in [6.07, 6.45) is 13.1. The number of fused-ring (bicyclic) bond motifs is 8. The van der Waals surface area contributed by atoms with Crippen molar-refractivity contribution in [1.82, 2.24) is 0 Å². The molecular weight excluding hydrogens is 320 g/mol. The Labute approximate surface area is 157 Å². The highest BCUT2D eigenvalue weighted by atomic mass is 16.3. The summed E-state index contributed by atoms with van der Waals surface area (Å²) in [5.41, 5.74) is 0.523. The number of carbonyl (C=O) groups excluding carboxylic acids is 1. The number of hydrogen-bond donors (Lipinski definition) is 1. The SMILES string of the molecule is C#C[C@]1(O)C(C)[C@@H](C)C2C3C4CC4C4=CC(=O)CC[C@]4(C)C3CC[C@@]21C. The molecule has 0 aliphatic heterocycles. The largest absolute Gasteiger partial charge is 0.377 e. The van der Waals surface area contributed by atoms with Crippen molar-refractivity contribution < 1.29 is 9.90 Å². The second kappa shape index (κ2) is 4.85. The third-order valence-electron chi connectivity index (χ3n) is 10.1. The smallest absolute Gasteiger partial charge is 0.155 e. The fourth-order valence-electron chi connectivity index (χ4n) is 8.55. The van der Waals surface area contributed by atoms with E-state index in [-0.39, 0.29) is 16.7 Å². The second-order valence-corrected chi connectivity index (χ2v) is 10.7. The number of hydrogen-bond acceptors (Lipinski definition) is 2. The predicted molar refractivity (Wildman–Crippen MR) is 102 cm³/mol. The molecule has 0 saturated heterocycles. The van der Waals surface area contributed by atoms with Crippen LogP contribution in [0.5, 0.6) is 0 Å². The van der Waals surface area contributed by atoms with E-state index in [9.17, 15) is 9.90 Å². The maximum absolute atomic E-state index is 12.1. The van der Waals surface area contributed by atoms with E-state index in [1.807, 2.05) is 6.08 Å². The van der Waals surface area contributed by atoms with Gasteiger partial charge in [-0.05, 0) is 78.6 Å². The Kier molecular flexibility index (Phi) is 3.18. The van der Waals surface area contributed by atoms with Gasteiger partial charge in [-0.2, -0.15) is 0 Å². The number of carbonyl (C=O) groups is 1. The first-order chi connectivity index (χ1) is 12.2. The Balaban J connectivity index is 1.62. The highest BCUT2D eigenvalue weighted by Crippen LogP contribution is 2.76. The molecule has 0 aromatic carbocycles. The molecule has 1 N–H and O–H groups in total. The number of terminal acetylenes is 1. The Morgan fingerprint density at radius 3 is 2.69 bits per heavy atom. The van der Waals surface area contributed by atoms with Gasteiger partial charge in [0.1, 0.15) is 5.60 Å². The normalized spacial score (nSPS) is 60.1. The van der Waals surface area contributed by atoms with E-state index in [2.05, 4.69) is 33.6 Å². The molecule has 0 amide bonds. The van der Waals surface area contributed by atoms with E-state index in [0.29, 0.717) is 47.7 Å². The molecule has 0 bridgehead atoms. The average Bonchev–Trinajstić information content (AvgIpc) is 3.38. The first-order valence-corrected chi connectivity index (χ1v) is 10.6. The zero-order chi connectivity index (χ0) is 18.6. The van der Waals surface area contributed by atoms with Crippen molar-refractivity contribution >= 4 is 5.78 Å². The quantitative estimate of drug-likeness (QED) is 0.663. The van der Waals surface area contributed by atoms with E-state index >= 15 is 0 Å². The number of aliphatic hydroxyl groups is 1. The molecule has 5 rings (SSSR count). The van der Waals surface area contributed by atoms with Crippen LogP contribution in [-0.2, 0) is 4.79 Å². The van der Waals surface area contributed by atoms with Gasteiger partial charge in [-0.25, -0.2) is 0 Å². The van der Waals surface area contributed by atoms with Gasteiger partial charge in [0, 0.05) is 11.8 Å². The molecule has 0 aromatic heterocycles. The molecule has 2 heteroatoms. The Morgan fingerprint density at radius 1 is 1.27 bits per heavy atom. The van der Waals surface area contributed by atoms with Crippen LogP contribution in [0.2, 0.25) is 0 Å². The molecule has 0 aromatic rings. The van der Waals surface area contributed by atoms with Gasteiger partial charge in [0.15, 0.2) is 5.78 Å². The molecular formula is C24H32O2. The lowest BCUT2D eigenvalue weighted by atomic mass is 9.46. The third-order valence-corrected chi connectivity index (χ3v) is 10.1. The minimum atomic E-state index is -0.980. The molecule has 26 heavy (non-hydrogen) atoms. The molecule has 4 saturated carbocycles. The fraction of sp³-hybridized carbons (Fsp3) is 0.792. The number of allylic oxidation sites excluding steroid dienone is 1. The van der Waals surface area contributed by atoms with Gasteiger partial charge in [-0.1, -0.05) is 39.2 Å². The summed E-state index contributed by atoms with van der Waals surface area (Å²) in [6, 6.07) is 0. The Morgan fingerprint density at radius 2 is 2.00 bits per heavy atom. The van der Waals surface area contributed by atoms with Crippen molar-refractivity contribution in [3.8, 4) is 12.3 Å². The second-order valence-electron chi connectivity index (χ2n) is 10.7. The van der Waals surface area contributed by atoms with E-state index in [1.165, 1.54) is 12.0 Å². The molecule has 4 fully saturated rings. The van der Waals surface area contributed by atoms with E-state index in [0.717, 1.165) is 19.3 Å². The van der Waals surface area contributed by atoms with Gasteiger partial charge in [0.2, 0.25) is 0 Å². The van der Waals surface area contributed by atoms with Crippen LogP contribution in [0.4, 0.5) is 0 Å². The first kappa shape index (κ1) is 17.1. The van der Waals surface area contributed by atoms with Crippen molar-refractivity contribution in [2.45, 2.75) is 65.4 Å². The van der Waals surface area contributed by atoms with Crippen molar-refractivity contribution in [2.75, 3.05) is 0 Å².